The molecule has 1 aromatic rings. The summed E-state index contributed by atoms with van der Waals surface area (Å²) in [5, 5.41) is 3.10. The van der Waals surface area contributed by atoms with Gasteiger partial charge >= 0.3 is 0 Å². The fraction of sp³-hybridized carbons (Fsp3) is 0.632. The van der Waals surface area contributed by atoms with Crippen molar-refractivity contribution in [3.63, 3.8) is 0 Å². The van der Waals surface area contributed by atoms with E-state index >= 15 is 0 Å². The second-order valence-electron chi connectivity index (χ2n) is 6.91. The number of piperazine rings is 1. The normalized spacial score (nSPS) is 17.0. The molecule has 5 heteroatoms. The van der Waals surface area contributed by atoms with Crippen LogP contribution in [0.25, 0.3) is 0 Å². The highest BCUT2D eigenvalue weighted by atomic mass is 16.5. The number of carbonyl (C=O) groups excluding carboxylic acids is 1. The van der Waals surface area contributed by atoms with Gasteiger partial charge in [-0.05, 0) is 31.9 Å². The number of hydrogen-bond donors (Lipinski definition) is 2. The number of anilines is 1. The summed E-state index contributed by atoms with van der Waals surface area (Å²) in [6, 6.07) is 8.44. The minimum atomic E-state index is 0.161. The third-order valence-corrected chi connectivity index (χ3v) is 4.78. The Kier molecular flexibility index (Phi) is 6.91. The van der Waals surface area contributed by atoms with Gasteiger partial charge in [-0.15, -0.1) is 0 Å². The van der Waals surface area contributed by atoms with Crippen LogP contribution in [0.4, 0.5) is 5.69 Å². The fourth-order valence-corrected chi connectivity index (χ4v) is 2.94. The predicted octanol–water partition coefficient (Wildman–Crippen LogP) is 0.951. The van der Waals surface area contributed by atoms with Gasteiger partial charge in [0.15, 0.2) is 6.54 Å². The van der Waals surface area contributed by atoms with E-state index in [1.807, 2.05) is 19.1 Å². The number of hydrogen-bond acceptors (Lipinski definition) is 3. The third kappa shape index (κ3) is 5.13. The van der Waals surface area contributed by atoms with Crippen LogP contribution in [0.1, 0.15) is 27.7 Å². The van der Waals surface area contributed by atoms with Gasteiger partial charge in [0.1, 0.15) is 5.75 Å². The van der Waals surface area contributed by atoms with E-state index in [0.717, 1.165) is 37.6 Å². The number of para-hydroxylation sites is 2. The lowest BCUT2D eigenvalue weighted by atomic mass is 10.1. The molecule has 134 valence electrons. The van der Waals surface area contributed by atoms with Crippen LogP contribution in [-0.4, -0.2) is 51.3 Å². The first-order valence-corrected chi connectivity index (χ1v) is 9.11. The summed E-state index contributed by atoms with van der Waals surface area (Å²) in [5.41, 5.74) is 1.16. The summed E-state index contributed by atoms with van der Waals surface area (Å²) in [6.07, 6.45) is 0. The molecule has 0 saturated carbocycles. The smallest absolute Gasteiger partial charge is 0.275 e. The Bertz CT molecular complexity index is 525. The lowest BCUT2D eigenvalue weighted by molar-refractivity contribution is -0.892. The van der Waals surface area contributed by atoms with E-state index in [4.69, 9.17) is 4.74 Å². The van der Waals surface area contributed by atoms with Gasteiger partial charge < -0.3 is 19.9 Å². The van der Waals surface area contributed by atoms with Crippen LogP contribution in [0.2, 0.25) is 0 Å². The van der Waals surface area contributed by atoms with Crippen molar-refractivity contribution in [3.05, 3.63) is 24.3 Å². The van der Waals surface area contributed by atoms with E-state index in [-0.39, 0.29) is 11.9 Å². The van der Waals surface area contributed by atoms with Crippen molar-refractivity contribution >= 4 is 11.6 Å². The molecular formula is C19H32N3O2+. The molecule has 2 rings (SSSR count). The number of amides is 1. The van der Waals surface area contributed by atoms with Crippen molar-refractivity contribution in [2.45, 2.75) is 33.7 Å². The summed E-state index contributed by atoms with van der Waals surface area (Å²) in [6.45, 7) is 13.4. The van der Waals surface area contributed by atoms with Crippen molar-refractivity contribution in [3.8, 4) is 5.75 Å². The van der Waals surface area contributed by atoms with E-state index < -0.39 is 0 Å². The first-order valence-electron chi connectivity index (χ1n) is 9.11. The number of benzene rings is 1. The highest BCUT2D eigenvalue weighted by Gasteiger charge is 2.24. The van der Waals surface area contributed by atoms with Crippen molar-refractivity contribution in [2.24, 2.45) is 5.92 Å². The molecule has 5 nitrogen and oxygen atoms in total. The number of quaternary nitrogens is 1. The molecule has 1 amide bonds. The van der Waals surface area contributed by atoms with Crippen LogP contribution >= 0.6 is 0 Å². The minimum absolute atomic E-state index is 0.161. The SMILES string of the molecule is CCOc1ccccc1N1CC[NH+](CC(=O)N[C@@H](C)C(C)C)CC1. The Morgan fingerprint density at radius 2 is 1.92 bits per heavy atom. The maximum absolute atomic E-state index is 12.2. The van der Waals surface area contributed by atoms with E-state index in [1.165, 1.54) is 4.90 Å². The minimum Gasteiger partial charge on any atom is -0.492 e. The zero-order chi connectivity index (χ0) is 17.5. The van der Waals surface area contributed by atoms with Crippen LogP contribution in [0.3, 0.4) is 0 Å². The molecule has 1 atom stereocenters. The lowest BCUT2D eigenvalue weighted by Gasteiger charge is -2.34. The third-order valence-electron chi connectivity index (χ3n) is 4.78. The van der Waals surface area contributed by atoms with E-state index in [1.54, 1.807) is 0 Å². The van der Waals surface area contributed by atoms with Gasteiger partial charge in [0.2, 0.25) is 0 Å². The predicted molar refractivity (Wildman–Crippen MR) is 97.8 cm³/mol. The molecule has 0 unspecified atom stereocenters. The van der Waals surface area contributed by atoms with Gasteiger partial charge in [-0.25, -0.2) is 0 Å². The summed E-state index contributed by atoms with van der Waals surface area (Å²) in [7, 11) is 0. The van der Waals surface area contributed by atoms with Gasteiger partial charge in [-0.2, -0.15) is 0 Å². The Balaban J connectivity index is 1.84. The first kappa shape index (κ1) is 18.6. The largest absolute Gasteiger partial charge is 0.492 e. The number of ether oxygens (including phenoxy) is 1. The molecule has 0 spiro atoms. The zero-order valence-electron chi connectivity index (χ0n) is 15.5. The van der Waals surface area contributed by atoms with Crippen LogP contribution in [0.5, 0.6) is 5.75 Å². The van der Waals surface area contributed by atoms with Crippen molar-refractivity contribution in [1.29, 1.82) is 0 Å². The van der Waals surface area contributed by atoms with Gasteiger partial charge in [-0.3, -0.25) is 4.79 Å². The van der Waals surface area contributed by atoms with Crippen molar-refractivity contribution in [1.82, 2.24) is 5.32 Å². The summed E-state index contributed by atoms with van der Waals surface area (Å²) < 4.78 is 5.74. The zero-order valence-corrected chi connectivity index (χ0v) is 15.5. The van der Waals surface area contributed by atoms with Gasteiger partial charge in [-0.1, -0.05) is 26.0 Å². The van der Waals surface area contributed by atoms with Crippen LogP contribution in [0, 0.1) is 5.92 Å². The Hall–Kier alpha value is -1.75. The molecule has 1 aliphatic rings. The quantitative estimate of drug-likeness (QED) is 0.780. The summed E-state index contributed by atoms with van der Waals surface area (Å²) >= 11 is 0. The van der Waals surface area contributed by atoms with Crippen molar-refractivity contribution in [2.75, 3.05) is 44.2 Å². The second-order valence-corrected chi connectivity index (χ2v) is 6.91. The van der Waals surface area contributed by atoms with E-state index in [2.05, 4.69) is 43.1 Å². The lowest BCUT2D eigenvalue weighted by Crippen LogP contribution is -3.16. The number of carbonyl (C=O) groups is 1. The molecule has 1 aliphatic heterocycles. The Morgan fingerprint density at radius 1 is 1.25 bits per heavy atom. The topological polar surface area (TPSA) is 46.0 Å². The average Bonchev–Trinajstić information content (AvgIpc) is 2.56. The summed E-state index contributed by atoms with van der Waals surface area (Å²) in [4.78, 5) is 15.9. The maximum atomic E-state index is 12.2. The molecule has 1 saturated heterocycles. The van der Waals surface area contributed by atoms with Crippen LogP contribution in [0.15, 0.2) is 24.3 Å². The average molecular weight is 334 g/mol. The maximum Gasteiger partial charge on any atom is 0.275 e. The molecular weight excluding hydrogens is 302 g/mol. The molecule has 0 bridgehead atoms. The van der Waals surface area contributed by atoms with E-state index in [9.17, 15) is 4.79 Å². The summed E-state index contributed by atoms with van der Waals surface area (Å²) in [5.74, 6) is 1.58. The van der Waals surface area contributed by atoms with Crippen molar-refractivity contribution < 1.29 is 14.4 Å². The molecule has 0 aromatic heterocycles. The van der Waals surface area contributed by atoms with Gasteiger partial charge in [0, 0.05) is 6.04 Å². The molecule has 2 N–H and O–H groups in total. The molecule has 1 aromatic carbocycles. The van der Waals surface area contributed by atoms with Gasteiger partial charge in [0.05, 0.1) is 38.5 Å². The number of nitrogens with one attached hydrogen (secondary N) is 2. The van der Waals surface area contributed by atoms with Crippen LogP contribution < -0.4 is 19.9 Å². The standard InChI is InChI=1S/C19H31N3O2/c1-5-24-18-9-7-6-8-17(18)22-12-10-21(11-13-22)14-19(23)20-16(4)15(2)3/h6-9,15-16H,5,10-14H2,1-4H3,(H,20,23)/p+1/t16-/m0/s1. The molecule has 1 fully saturated rings. The van der Waals surface area contributed by atoms with E-state index in [0.29, 0.717) is 19.1 Å². The highest BCUT2D eigenvalue weighted by Crippen LogP contribution is 2.27. The number of nitrogens with zero attached hydrogens (tertiary/aromatic N) is 1. The van der Waals surface area contributed by atoms with Gasteiger partial charge in [0.25, 0.3) is 5.91 Å². The fourth-order valence-electron chi connectivity index (χ4n) is 2.94. The molecule has 24 heavy (non-hydrogen) atoms. The number of rotatable bonds is 7. The first-order chi connectivity index (χ1) is 11.5. The molecule has 1 heterocycles. The van der Waals surface area contributed by atoms with Crippen LogP contribution in [-0.2, 0) is 4.79 Å². The molecule has 0 aliphatic carbocycles. The second kappa shape index (κ2) is 8.92. The Morgan fingerprint density at radius 3 is 2.54 bits per heavy atom. The monoisotopic (exact) mass is 334 g/mol. The molecule has 0 radical (unpaired) electrons. The Labute approximate surface area is 146 Å². The highest BCUT2D eigenvalue weighted by molar-refractivity contribution is 5.77.